The monoisotopic (exact) mass is 474 g/mol. The third-order valence-corrected chi connectivity index (χ3v) is 4.65. The first-order chi connectivity index (χ1) is 12.1. The fraction of sp³-hybridized carbons (Fsp3) is 0.579. The van der Waals surface area contributed by atoms with Gasteiger partial charge in [-0.15, -0.1) is 24.0 Å². The lowest BCUT2D eigenvalue weighted by atomic mass is 10.0. The summed E-state index contributed by atoms with van der Waals surface area (Å²) < 4.78 is 5.44. The summed E-state index contributed by atoms with van der Waals surface area (Å²) in [5.74, 6) is 2.19. The van der Waals surface area contributed by atoms with Crippen LogP contribution in [-0.2, 0) is 4.79 Å². The quantitative estimate of drug-likeness (QED) is 0.378. The second-order valence-corrected chi connectivity index (χ2v) is 6.42. The number of nitrogens with one attached hydrogen (secondary N) is 2. The molecule has 0 aliphatic carbocycles. The number of rotatable bonds is 6. The van der Waals surface area contributed by atoms with Gasteiger partial charge in [-0.25, -0.2) is 0 Å². The number of hydrogen-bond donors (Lipinski definition) is 2. The Morgan fingerprint density at radius 2 is 2.15 bits per heavy atom. The van der Waals surface area contributed by atoms with Crippen LogP contribution in [-0.4, -0.2) is 56.6 Å². The van der Waals surface area contributed by atoms with Gasteiger partial charge in [0.05, 0.1) is 7.11 Å². The highest BCUT2D eigenvalue weighted by molar-refractivity contribution is 14.0. The van der Waals surface area contributed by atoms with Gasteiger partial charge in [0.15, 0.2) is 5.96 Å². The second kappa shape index (κ2) is 11.3. The van der Waals surface area contributed by atoms with E-state index >= 15 is 0 Å². The third kappa shape index (κ3) is 6.03. The molecular formula is C19H31IN4O2. The molecule has 1 aliphatic heterocycles. The summed E-state index contributed by atoms with van der Waals surface area (Å²) in [5, 5.41) is 6.81. The van der Waals surface area contributed by atoms with Crippen molar-refractivity contribution in [3.8, 4) is 5.75 Å². The van der Waals surface area contributed by atoms with Gasteiger partial charge in [0.1, 0.15) is 5.75 Å². The lowest BCUT2D eigenvalue weighted by molar-refractivity contribution is -0.129. The Kier molecular flexibility index (Phi) is 9.75. The number of para-hydroxylation sites is 1. The fourth-order valence-corrected chi connectivity index (χ4v) is 3.15. The number of nitrogens with zero attached hydrogens (tertiary/aromatic N) is 2. The molecule has 2 atom stereocenters. The molecule has 0 spiro atoms. The highest BCUT2D eigenvalue weighted by Crippen LogP contribution is 2.25. The Bertz CT molecular complexity index is 609. The van der Waals surface area contributed by atoms with E-state index in [1.54, 1.807) is 14.2 Å². The Hall–Kier alpha value is -1.51. The first-order valence-corrected chi connectivity index (χ1v) is 8.96. The number of halogens is 1. The van der Waals surface area contributed by atoms with Crippen molar-refractivity contribution in [3.63, 3.8) is 0 Å². The molecule has 1 aliphatic rings. The predicted octanol–water partition coefficient (Wildman–Crippen LogP) is 2.59. The third-order valence-electron chi connectivity index (χ3n) is 4.65. The van der Waals surface area contributed by atoms with Crippen molar-refractivity contribution < 1.29 is 9.53 Å². The molecule has 0 bridgehead atoms. The van der Waals surface area contributed by atoms with Gasteiger partial charge in [0, 0.05) is 45.1 Å². The van der Waals surface area contributed by atoms with E-state index in [4.69, 9.17) is 4.74 Å². The number of aliphatic imine (C=N–C) groups is 1. The minimum atomic E-state index is 0. The van der Waals surface area contributed by atoms with Crippen molar-refractivity contribution in [2.75, 3.05) is 33.8 Å². The molecule has 1 amide bonds. The highest BCUT2D eigenvalue weighted by atomic mass is 127. The Labute approximate surface area is 173 Å². The number of hydrogen-bond acceptors (Lipinski definition) is 3. The Morgan fingerprint density at radius 1 is 1.42 bits per heavy atom. The van der Waals surface area contributed by atoms with Crippen LogP contribution in [0.3, 0.4) is 0 Å². The maximum atomic E-state index is 11.8. The fourth-order valence-electron chi connectivity index (χ4n) is 3.15. The zero-order valence-electron chi connectivity index (χ0n) is 16.1. The van der Waals surface area contributed by atoms with Gasteiger partial charge < -0.3 is 20.3 Å². The molecule has 1 saturated heterocycles. The van der Waals surface area contributed by atoms with Crippen molar-refractivity contribution in [2.24, 2.45) is 4.99 Å². The molecule has 2 rings (SSSR count). The van der Waals surface area contributed by atoms with Gasteiger partial charge in [-0.1, -0.05) is 32.0 Å². The number of ether oxygens (including phenoxy) is 1. The molecule has 146 valence electrons. The normalized spacial score (nSPS) is 18.1. The standard InChI is InChI=1S/C19H30N4O2.HI/c1-5-18(24)23-11-10-15(13-23)22-19(20-3)21-12-14(2)16-8-6-7-9-17(16)25-4;/h6-9,14-15H,5,10-13H2,1-4H3,(H2,20,21,22);1H. The van der Waals surface area contributed by atoms with Gasteiger partial charge in [-0.2, -0.15) is 0 Å². The lowest BCUT2D eigenvalue weighted by Gasteiger charge is -2.21. The highest BCUT2D eigenvalue weighted by Gasteiger charge is 2.25. The number of amides is 1. The average molecular weight is 474 g/mol. The first kappa shape index (κ1) is 22.5. The van der Waals surface area contributed by atoms with Crippen LogP contribution in [0.1, 0.15) is 38.2 Å². The molecule has 0 aromatic heterocycles. The molecule has 1 aromatic rings. The molecule has 2 unspecified atom stereocenters. The second-order valence-electron chi connectivity index (χ2n) is 6.42. The molecule has 26 heavy (non-hydrogen) atoms. The van der Waals surface area contributed by atoms with Crippen LogP contribution in [0, 0.1) is 0 Å². The minimum Gasteiger partial charge on any atom is -0.496 e. The van der Waals surface area contributed by atoms with Gasteiger partial charge in [-0.05, 0) is 18.1 Å². The van der Waals surface area contributed by atoms with Crippen LogP contribution in [0.25, 0.3) is 0 Å². The molecule has 1 fully saturated rings. The van der Waals surface area contributed by atoms with Crippen LogP contribution in [0.4, 0.5) is 0 Å². The summed E-state index contributed by atoms with van der Waals surface area (Å²) in [6.45, 7) is 6.39. The number of benzene rings is 1. The Morgan fingerprint density at radius 3 is 2.81 bits per heavy atom. The molecule has 0 radical (unpaired) electrons. The number of carbonyl (C=O) groups excluding carboxylic acids is 1. The van der Waals surface area contributed by atoms with Crippen molar-refractivity contribution in [3.05, 3.63) is 29.8 Å². The van der Waals surface area contributed by atoms with Crippen LogP contribution >= 0.6 is 24.0 Å². The van der Waals surface area contributed by atoms with Crippen molar-refractivity contribution in [1.82, 2.24) is 15.5 Å². The summed E-state index contributed by atoms with van der Waals surface area (Å²) >= 11 is 0. The van der Waals surface area contributed by atoms with Crippen molar-refractivity contribution in [2.45, 2.75) is 38.6 Å². The zero-order valence-corrected chi connectivity index (χ0v) is 18.4. The molecule has 1 heterocycles. The summed E-state index contributed by atoms with van der Waals surface area (Å²) in [6, 6.07) is 8.33. The van der Waals surface area contributed by atoms with E-state index in [0.29, 0.717) is 6.42 Å². The molecule has 6 nitrogen and oxygen atoms in total. The van der Waals surface area contributed by atoms with E-state index in [9.17, 15) is 4.79 Å². The maximum Gasteiger partial charge on any atom is 0.222 e. The summed E-state index contributed by atoms with van der Waals surface area (Å²) in [4.78, 5) is 18.0. The first-order valence-electron chi connectivity index (χ1n) is 8.96. The van der Waals surface area contributed by atoms with Gasteiger partial charge in [-0.3, -0.25) is 9.79 Å². The molecule has 7 heteroatoms. The lowest BCUT2D eigenvalue weighted by Crippen LogP contribution is -2.45. The summed E-state index contributed by atoms with van der Waals surface area (Å²) in [5.41, 5.74) is 1.17. The molecule has 1 aromatic carbocycles. The maximum absolute atomic E-state index is 11.8. The minimum absolute atomic E-state index is 0. The number of methoxy groups -OCH3 is 1. The van der Waals surface area contributed by atoms with Crippen LogP contribution in [0.5, 0.6) is 5.75 Å². The average Bonchev–Trinajstić information content (AvgIpc) is 3.12. The van der Waals surface area contributed by atoms with E-state index in [2.05, 4.69) is 28.6 Å². The number of carbonyl (C=O) groups is 1. The zero-order chi connectivity index (χ0) is 18.2. The smallest absolute Gasteiger partial charge is 0.222 e. The van der Waals surface area contributed by atoms with Gasteiger partial charge in [0.2, 0.25) is 5.91 Å². The van der Waals surface area contributed by atoms with E-state index < -0.39 is 0 Å². The molecular weight excluding hydrogens is 443 g/mol. The molecule has 2 N–H and O–H groups in total. The van der Waals surface area contributed by atoms with E-state index in [0.717, 1.165) is 37.8 Å². The number of guanidine groups is 1. The van der Waals surface area contributed by atoms with Gasteiger partial charge in [0.25, 0.3) is 0 Å². The SMILES string of the molecule is CCC(=O)N1CCC(NC(=NC)NCC(C)c2ccccc2OC)C1.I. The molecule has 0 saturated carbocycles. The van der Waals surface area contributed by atoms with Crippen molar-refractivity contribution in [1.29, 1.82) is 0 Å². The summed E-state index contributed by atoms with van der Waals surface area (Å²) in [6.07, 6.45) is 1.52. The van der Waals surface area contributed by atoms with Crippen LogP contribution in [0.15, 0.2) is 29.3 Å². The predicted molar refractivity (Wildman–Crippen MR) is 117 cm³/mol. The topological polar surface area (TPSA) is 66.0 Å². The Balaban J connectivity index is 0.00000338. The summed E-state index contributed by atoms with van der Waals surface area (Å²) in [7, 11) is 3.47. The van der Waals surface area contributed by atoms with E-state index in [1.165, 1.54) is 5.56 Å². The van der Waals surface area contributed by atoms with E-state index in [-0.39, 0.29) is 41.8 Å². The van der Waals surface area contributed by atoms with Gasteiger partial charge >= 0.3 is 0 Å². The van der Waals surface area contributed by atoms with Crippen molar-refractivity contribution >= 4 is 35.8 Å². The van der Waals surface area contributed by atoms with Crippen LogP contribution < -0.4 is 15.4 Å². The van der Waals surface area contributed by atoms with Crippen LogP contribution in [0.2, 0.25) is 0 Å². The van der Waals surface area contributed by atoms with E-state index in [1.807, 2.05) is 30.0 Å². The largest absolute Gasteiger partial charge is 0.496 e. The number of likely N-dealkylation sites (tertiary alicyclic amines) is 1.